The van der Waals surface area contributed by atoms with Gasteiger partial charge in [0, 0.05) is 51.5 Å². The van der Waals surface area contributed by atoms with Crippen LogP contribution in [0.2, 0.25) is 0 Å². The second kappa shape index (κ2) is 8.70. The Morgan fingerprint density at radius 3 is 2.52 bits per heavy atom. The highest BCUT2D eigenvalue weighted by molar-refractivity contribution is 5.68. The van der Waals surface area contributed by atoms with Crippen molar-refractivity contribution in [2.24, 2.45) is 0 Å². The summed E-state index contributed by atoms with van der Waals surface area (Å²) in [6, 6.07) is 12.3. The van der Waals surface area contributed by atoms with Gasteiger partial charge in [0.25, 0.3) is 0 Å². The zero-order chi connectivity index (χ0) is 19.2. The van der Waals surface area contributed by atoms with E-state index in [-0.39, 0.29) is 6.09 Å². The van der Waals surface area contributed by atoms with E-state index in [1.807, 2.05) is 45.2 Å². The largest absolute Gasteiger partial charge is 0.450 e. The number of carbonyl (C=O) groups excluding carboxylic acids is 1. The van der Waals surface area contributed by atoms with Gasteiger partial charge in [-0.15, -0.1) is 0 Å². The SMILES string of the molecule is CCOC(=O)N1CCN(c2nc(C)cc(N(C)Cc3ccccc3)n2)CC1. The molecule has 0 atom stereocenters. The minimum atomic E-state index is -0.245. The van der Waals surface area contributed by atoms with E-state index in [4.69, 9.17) is 9.72 Å². The first-order chi connectivity index (χ1) is 13.1. The van der Waals surface area contributed by atoms with Crippen LogP contribution in [0.15, 0.2) is 36.4 Å². The van der Waals surface area contributed by atoms with Gasteiger partial charge in [0.05, 0.1) is 6.61 Å². The molecule has 0 unspecified atom stereocenters. The predicted molar refractivity (Wildman–Crippen MR) is 106 cm³/mol. The molecule has 1 fully saturated rings. The number of nitrogens with zero attached hydrogens (tertiary/aromatic N) is 5. The van der Waals surface area contributed by atoms with Crippen molar-refractivity contribution >= 4 is 17.9 Å². The van der Waals surface area contributed by atoms with Crippen LogP contribution in [0.1, 0.15) is 18.2 Å². The van der Waals surface area contributed by atoms with Crippen molar-refractivity contribution < 1.29 is 9.53 Å². The molecule has 3 rings (SSSR count). The highest BCUT2D eigenvalue weighted by Crippen LogP contribution is 2.19. The zero-order valence-electron chi connectivity index (χ0n) is 16.3. The van der Waals surface area contributed by atoms with Crippen LogP contribution in [0.25, 0.3) is 0 Å². The van der Waals surface area contributed by atoms with Gasteiger partial charge in [0.15, 0.2) is 0 Å². The lowest BCUT2D eigenvalue weighted by Gasteiger charge is -2.34. The molecule has 2 aromatic rings. The summed E-state index contributed by atoms with van der Waals surface area (Å²) in [5.41, 5.74) is 2.17. The highest BCUT2D eigenvalue weighted by atomic mass is 16.6. The van der Waals surface area contributed by atoms with Crippen LogP contribution in [0.4, 0.5) is 16.6 Å². The van der Waals surface area contributed by atoms with E-state index in [0.29, 0.717) is 38.7 Å². The zero-order valence-corrected chi connectivity index (χ0v) is 16.3. The van der Waals surface area contributed by atoms with E-state index in [9.17, 15) is 4.79 Å². The number of benzene rings is 1. The van der Waals surface area contributed by atoms with Gasteiger partial charge in [-0.2, -0.15) is 4.98 Å². The number of aromatic nitrogens is 2. The van der Waals surface area contributed by atoms with E-state index >= 15 is 0 Å². The van der Waals surface area contributed by atoms with Crippen LogP contribution >= 0.6 is 0 Å². The third-order valence-corrected chi connectivity index (χ3v) is 4.57. The van der Waals surface area contributed by atoms with E-state index in [2.05, 4.69) is 26.9 Å². The minimum absolute atomic E-state index is 0.245. The average molecular weight is 369 g/mol. The monoisotopic (exact) mass is 369 g/mol. The van der Waals surface area contributed by atoms with Crippen molar-refractivity contribution in [1.29, 1.82) is 0 Å². The smallest absolute Gasteiger partial charge is 0.409 e. The second-order valence-corrected chi connectivity index (χ2v) is 6.68. The van der Waals surface area contributed by atoms with E-state index in [1.54, 1.807) is 4.90 Å². The normalized spacial score (nSPS) is 14.2. The summed E-state index contributed by atoms with van der Waals surface area (Å²) in [4.78, 5) is 27.2. The number of anilines is 2. The average Bonchev–Trinajstić information content (AvgIpc) is 2.68. The van der Waals surface area contributed by atoms with Crippen LogP contribution in [-0.4, -0.2) is 60.8 Å². The predicted octanol–water partition coefficient (Wildman–Crippen LogP) is 2.70. The maximum Gasteiger partial charge on any atom is 0.409 e. The van der Waals surface area contributed by atoms with Crippen molar-refractivity contribution in [3.05, 3.63) is 47.7 Å². The molecule has 1 aliphatic rings. The quantitative estimate of drug-likeness (QED) is 0.808. The van der Waals surface area contributed by atoms with E-state index < -0.39 is 0 Å². The summed E-state index contributed by atoms with van der Waals surface area (Å²) in [5, 5.41) is 0. The molecule has 7 heteroatoms. The molecule has 1 aromatic carbocycles. The summed E-state index contributed by atoms with van der Waals surface area (Å²) in [6.07, 6.45) is -0.245. The van der Waals surface area contributed by atoms with Gasteiger partial charge in [-0.25, -0.2) is 9.78 Å². The minimum Gasteiger partial charge on any atom is -0.450 e. The molecule has 0 radical (unpaired) electrons. The van der Waals surface area contributed by atoms with Crippen LogP contribution in [-0.2, 0) is 11.3 Å². The van der Waals surface area contributed by atoms with Gasteiger partial charge in [0.1, 0.15) is 5.82 Å². The van der Waals surface area contributed by atoms with Gasteiger partial charge in [-0.05, 0) is 19.4 Å². The Kier molecular flexibility index (Phi) is 6.11. The molecule has 0 aliphatic carbocycles. The van der Waals surface area contributed by atoms with Crippen LogP contribution < -0.4 is 9.80 Å². The lowest BCUT2D eigenvalue weighted by molar-refractivity contribution is 0.105. The number of piperazine rings is 1. The van der Waals surface area contributed by atoms with Crippen molar-refractivity contribution in [2.45, 2.75) is 20.4 Å². The number of rotatable bonds is 5. The number of hydrogen-bond acceptors (Lipinski definition) is 6. The first-order valence-corrected chi connectivity index (χ1v) is 9.34. The lowest BCUT2D eigenvalue weighted by atomic mass is 10.2. The Hall–Kier alpha value is -2.83. The topological polar surface area (TPSA) is 61.8 Å². The molecule has 0 bridgehead atoms. The summed E-state index contributed by atoms with van der Waals surface area (Å²) in [7, 11) is 2.04. The maximum absolute atomic E-state index is 11.9. The van der Waals surface area contributed by atoms with Crippen molar-refractivity contribution in [3.63, 3.8) is 0 Å². The number of carbonyl (C=O) groups is 1. The summed E-state index contributed by atoms with van der Waals surface area (Å²) < 4.78 is 5.08. The molecule has 0 N–H and O–H groups in total. The fraction of sp³-hybridized carbons (Fsp3) is 0.450. The van der Waals surface area contributed by atoms with Crippen LogP contribution in [0, 0.1) is 6.92 Å². The van der Waals surface area contributed by atoms with Gasteiger partial charge < -0.3 is 19.4 Å². The Balaban J connectivity index is 1.68. The molecule has 1 aliphatic heterocycles. The third kappa shape index (κ3) is 4.87. The summed E-state index contributed by atoms with van der Waals surface area (Å²) in [6.45, 7) is 7.62. The number of ether oxygens (including phenoxy) is 1. The van der Waals surface area contributed by atoms with E-state index in [0.717, 1.165) is 18.1 Å². The van der Waals surface area contributed by atoms with Crippen molar-refractivity contribution in [3.8, 4) is 0 Å². The molecular formula is C20H27N5O2. The number of amides is 1. The Morgan fingerprint density at radius 2 is 1.85 bits per heavy atom. The van der Waals surface area contributed by atoms with Crippen LogP contribution in [0.3, 0.4) is 0 Å². The Labute approximate surface area is 160 Å². The van der Waals surface area contributed by atoms with Crippen molar-refractivity contribution in [2.75, 3.05) is 49.6 Å². The number of aryl methyl sites for hydroxylation is 1. The second-order valence-electron chi connectivity index (χ2n) is 6.68. The highest BCUT2D eigenvalue weighted by Gasteiger charge is 2.24. The first-order valence-electron chi connectivity index (χ1n) is 9.34. The van der Waals surface area contributed by atoms with Gasteiger partial charge in [-0.1, -0.05) is 30.3 Å². The number of hydrogen-bond donors (Lipinski definition) is 0. The molecule has 27 heavy (non-hydrogen) atoms. The summed E-state index contributed by atoms with van der Waals surface area (Å²) in [5.74, 6) is 1.61. The third-order valence-electron chi connectivity index (χ3n) is 4.57. The molecule has 0 spiro atoms. The first kappa shape index (κ1) is 18.9. The molecule has 144 valence electrons. The fourth-order valence-corrected chi connectivity index (χ4v) is 3.12. The Morgan fingerprint density at radius 1 is 1.15 bits per heavy atom. The van der Waals surface area contributed by atoms with Gasteiger partial charge in [0.2, 0.25) is 5.95 Å². The maximum atomic E-state index is 11.9. The molecule has 1 aromatic heterocycles. The van der Waals surface area contributed by atoms with Crippen molar-refractivity contribution in [1.82, 2.24) is 14.9 Å². The molecule has 7 nitrogen and oxygen atoms in total. The molecule has 2 heterocycles. The van der Waals surface area contributed by atoms with Gasteiger partial charge in [-0.3, -0.25) is 0 Å². The molecule has 1 saturated heterocycles. The Bertz CT molecular complexity index is 760. The molecule has 1 amide bonds. The molecular weight excluding hydrogens is 342 g/mol. The van der Waals surface area contributed by atoms with Crippen LogP contribution in [0.5, 0.6) is 0 Å². The molecule has 0 saturated carbocycles. The lowest BCUT2D eigenvalue weighted by Crippen LogP contribution is -2.49. The standard InChI is InChI=1S/C20H27N5O2/c1-4-27-20(26)25-12-10-24(11-13-25)19-21-16(2)14-18(22-19)23(3)15-17-8-6-5-7-9-17/h5-9,14H,4,10-13,15H2,1-3H3. The van der Waals surface area contributed by atoms with E-state index in [1.165, 1.54) is 5.56 Å². The summed E-state index contributed by atoms with van der Waals surface area (Å²) >= 11 is 0. The fourth-order valence-electron chi connectivity index (χ4n) is 3.12. The van der Waals surface area contributed by atoms with Gasteiger partial charge >= 0.3 is 6.09 Å².